The third kappa shape index (κ3) is 4.36. The molecule has 0 aliphatic heterocycles. The SMILES string of the molecule is CCn1c(SC(C)C(=O)Nc2ccc(C)cc2C)nnc1-c1ccncc1. The highest BCUT2D eigenvalue weighted by Crippen LogP contribution is 2.27. The van der Waals surface area contributed by atoms with Gasteiger partial charge >= 0.3 is 0 Å². The van der Waals surface area contributed by atoms with Gasteiger partial charge in [-0.1, -0.05) is 29.5 Å². The van der Waals surface area contributed by atoms with E-state index in [1.165, 1.54) is 17.3 Å². The Morgan fingerprint density at radius 2 is 1.93 bits per heavy atom. The number of carbonyl (C=O) groups is 1. The summed E-state index contributed by atoms with van der Waals surface area (Å²) in [6.07, 6.45) is 3.47. The lowest BCUT2D eigenvalue weighted by Crippen LogP contribution is -2.23. The summed E-state index contributed by atoms with van der Waals surface area (Å²) in [7, 11) is 0. The summed E-state index contributed by atoms with van der Waals surface area (Å²) in [5.41, 5.74) is 4.02. The first-order chi connectivity index (χ1) is 13.0. The topological polar surface area (TPSA) is 72.7 Å². The van der Waals surface area contributed by atoms with Gasteiger partial charge in [-0.2, -0.15) is 0 Å². The Labute approximate surface area is 163 Å². The molecule has 1 amide bonds. The number of aryl methyl sites for hydroxylation is 2. The first-order valence-electron chi connectivity index (χ1n) is 8.88. The monoisotopic (exact) mass is 381 g/mol. The van der Waals surface area contributed by atoms with E-state index in [0.29, 0.717) is 0 Å². The molecule has 0 saturated carbocycles. The maximum Gasteiger partial charge on any atom is 0.237 e. The first-order valence-corrected chi connectivity index (χ1v) is 9.76. The molecular weight excluding hydrogens is 358 g/mol. The van der Waals surface area contributed by atoms with E-state index in [0.717, 1.165) is 34.3 Å². The van der Waals surface area contributed by atoms with Gasteiger partial charge in [-0.3, -0.25) is 9.78 Å². The molecule has 140 valence electrons. The van der Waals surface area contributed by atoms with Gasteiger partial charge in [0.05, 0.1) is 5.25 Å². The minimum atomic E-state index is -0.300. The van der Waals surface area contributed by atoms with E-state index >= 15 is 0 Å². The van der Waals surface area contributed by atoms with E-state index in [1.54, 1.807) is 12.4 Å². The van der Waals surface area contributed by atoms with Gasteiger partial charge in [-0.25, -0.2) is 0 Å². The van der Waals surface area contributed by atoms with Crippen molar-refractivity contribution in [3.05, 3.63) is 53.9 Å². The molecule has 3 rings (SSSR count). The molecule has 0 radical (unpaired) electrons. The summed E-state index contributed by atoms with van der Waals surface area (Å²) >= 11 is 1.41. The van der Waals surface area contributed by atoms with Gasteiger partial charge in [0.1, 0.15) is 0 Å². The highest BCUT2D eigenvalue weighted by atomic mass is 32.2. The zero-order valence-corrected chi connectivity index (χ0v) is 16.7. The van der Waals surface area contributed by atoms with Gasteiger partial charge in [0.25, 0.3) is 0 Å². The molecule has 0 aliphatic carbocycles. The second kappa shape index (κ2) is 8.35. The minimum Gasteiger partial charge on any atom is -0.325 e. The predicted molar refractivity (Wildman–Crippen MR) is 109 cm³/mol. The molecule has 27 heavy (non-hydrogen) atoms. The number of amides is 1. The molecule has 0 spiro atoms. The molecule has 0 aliphatic rings. The van der Waals surface area contributed by atoms with Crippen LogP contribution in [0.5, 0.6) is 0 Å². The fourth-order valence-corrected chi connectivity index (χ4v) is 3.69. The fourth-order valence-electron chi connectivity index (χ4n) is 2.78. The number of aromatic nitrogens is 4. The Bertz CT molecular complexity index is 939. The van der Waals surface area contributed by atoms with Gasteiger partial charge in [0, 0.05) is 30.2 Å². The molecule has 1 N–H and O–H groups in total. The number of nitrogens with one attached hydrogen (secondary N) is 1. The molecule has 0 fully saturated rings. The Morgan fingerprint density at radius 1 is 1.19 bits per heavy atom. The van der Waals surface area contributed by atoms with E-state index in [1.807, 2.05) is 56.5 Å². The Morgan fingerprint density at radius 3 is 2.59 bits per heavy atom. The van der Waals surface area contributed by atoms with Crippen molar-refractivity contribution < 1.29 is 4.79 Å². The van der Waals surface area contributed by atoms with Crippen molar-refractivity contribution in [1.29, 1.82) is 0 Å². The van der Waals surface area contributed by atoms with E-state index < -0.39 is 0 Å². The van der Waals surface area contributed by atoms with Gasteiger partial charge in [-0.05, 0) is 51.5 Å². The largest absolute Gasteiger partial charge is 0.325 e. The lowest BCUT2D eigenvalue weighted by molar-refractivity contribution is -0.115. The van der Waals surface area contributed by atoms with E-state index in [4.69, 9.17) is 0 Å². The fraction of sp³-hybridized carbons (Fsp3) is 0.300. The number of anilines is 1. The number of rotatable bonds is 6. The van der Waals surface area contributed by atoms with Crippen molar-refractivity contribution in [2.45, 2.75) is 44.6 Å². The third-order valence-electron chi connectivity index (χ3n) is 4.26. The van der Waals surface area contributed by atoms with Crippen LogP contribution in [0.3, 0.4) is 0 Å². The van der Waals surface area contributed by atoms with Crippen LogP contribution in [0.25, 0.3) is 11.4 Å². The summed E-state index contributed by atoms with van der Waals surface area (Å²) in [6, 6.07) is 9.80. The number of thioether (sulfide) groups is 1. The molecular formula is C20H23N5OS. The third-order valence-corrected chi connectivity index (χ3v) is 5.34. The van der Waals surface area contributed by atoms with Crippen molar-refractivity contribution in [1.82, 2.24) is 19.7 Å². The minimum absolute atomic E-state index is 0.0527. The lowest BCUT2D eigenvalue weighted by Gasteiger charge is -2.14. The number of carbonyl (C=O) groups excluding carboxylic acids is 1. The molecule has 6 nitrogen and oxygen atoms in total. The van der Waals surface area contributed by atoms with E-state index in [2.05, 4.69) is 26.6 Å². The second-order valence-corrected chi connectivity index (χ2v) is 7.66. The molecule has 1 atom stereocenters. The molecule has 3 aromatic rings. The Hall–Kier alpha value is -2.67. The van der Waals surface area contributed by atoms with Crippen LogP contribution in [0.4, 0.5) is 5.69 Å². The number of hydrogen-bond acceptors (Lipinski definition) is 5. The van der Waals surface area contributed by atoms with Crippen LogP contribution in [0.15, 0.2) is 47.9 Å². The smallest absolute Gasteiger partial charge is 0.237 e. The van der Waals surface area contributed by atoms with E-state index in [9.17, 15) is 4.79 Å². The summed E-state index contributed by atoms with van der Waals surface area (Å²) in [6.45, 7) is 8.67. The predicted octanol–water partition coefficient (Wildman–Crippen LogP) is 4.10. The number of nitrogens with zero attached hydrogens (tertiary/aromatic N) is 4. The van der Waals surface area contributed by atoms with E-state index in [-0.39, 0.29) is 11.2 Å². The highest BCUT2D eigenvalue weighted by molar-refractivity contribution is 8.00. The number of benzene rings is 1. The van der Waals surface area contributed by atoms with Gasteiger partial charge in [-0.15, -0.1) is 10.2 Å². The maximum absolute atomic E-state index is 12.6. The van der Waals surface area contributed by atoms with Crippen LogP contribution < -0.4 is 5.32 Å². The average molecular weight is 382 g/mol. The summed E-state index contributed by atoms with van der Waals surface area (Å²) in [5, 5.41) is 12.0. The van der Waals surface area contributed by atoms with Crippen LogP contribution in [-0.4, -0.2) is 30.9 Å². The molecule has 2 aromatic heterocycles. The summed E-state index contributed by atoms with van der Waals surface area (Å²) < 4.78 is 2.01. The van der Waals surface area contributed by atoms with Crippen LogP contribution in [-0.2, 0) is 11.3 Å². The zero-order chi connectivity index (χ0) is 19.4. The normalized spacial score (nSPS) is 12.0. The molecule has 1 unspecified atom stereocenters. The van der Waals surface area contributed by atoms with Crippen molar-refractivity contribution in [3.8, 4) is 11.4 Å². The van der Waals surface area contributed by atoms with Crippen molar-refractivity contribution >= 4 is 23.4 Å². The first kappa shape index (κ1) is 19.1. The average Bonchev–Trinajstić information content (AvgIpc) is 3.07. The quantitative estimate of drug-likeness (QED) is 0.651. The molecule has 1 aromatic carbocycles. The van der Waals surface area contributed by atoms with Crippen molar-refractivity contribution in [2.24, 2.45) is 0 Å². The number of hydrogen-bond donors (Lipinski definition) is 1. The summed E-state index contributed by atoms with van der Waals surface area (Å²) in [4.78, 5) is 16.7. The Balaban J connectivity index is 1.75. The van der Waals surface area contributed by atoms with Crippen LogP contribution >= 0.6 is 11.8 Å². The molecule has 7 heteroatoms. The molecule has 0 saturated heterocycles. The van der Waals surface area contributed by atoms with Crippen LogP contribution in [0.1, 0.15) is 25.0 Å². The number of pyridine rings is 1. The Kier molecular flexibility index (Phi) is 5.91. The lowest BCUT2D eigenvalue weighted by atomic mass is 10.1. The highest BCUT2D eigenvalue weighted by Gasteiger charge is 2.20. The van der Waals surface area contributed by atoms with Crippen molar-refractivity contribution in [3.63, 3.8) is 0 Å². The van der Waals surface area contributed by atoms with Gasteiger partial charge in [0.2, 0.25) is 5.91 Å². The van der Waals surface area contributed by atoms with Gasteiger partial charge < -0.3 is 9.88 Å². The standard InChI is InChI=1S/C20H23N5OS/c1-5-25-18(16-8-10-21-11-9-16)23-24-20(25)27-15(4)19(26)22-17-7-6-13(2)12-14(17)3/h6-12,15H,5H2,1-4H3,(H,22,26). The summed E-state index contributed by atoms with van der Waals surface area (Å²) in [5.74, 6) is 0.729. The van der Waals surface area contributed by atoms with Crippen molar-refractivity contribution in [2.75, 3.05) is 5.32 Å². The molecule has 0 bridgehead atoms. The van der Waals surface area contributed by atoms with Gasteiger partial charge in [0.15, 0.2) is 11.0 Å². The van der Waals surface area contributed by atoms with Crippen LogP contribution in [0, 0.1) is 13.8 Å². The second-order valence-electron chi connectivity index (χ2n) is 6.35. The van der Waals surface area contributed by atoms with Crippen LogP contribution in [0.2, 0.25) is 0 Å². The maximum atomic E-state index is 12.6. The zero-order valence-electron chi connectivity index (χ0n) is 15.9. The molecule has 2 heterocycles.